The number of fused-ring (bicyclic) bond motifs is 5. The molecule has 4 rings (SSSR count). The van der Waals surface area contributed by atoms with E-state index >= 15 is 0 Å². The largest absolute Gasteiger partial charge is 0.387 e. The van der Waals surface area contributed by atoms with Crippen LogP contribution in [0.2, 0.25) is 0 Å². The van der Waals surface area contributed by atoms with Crippen LogP contribution in [0.5, 0.6) is 0 Å². The fourth-order valence-corrected chi connectivity index (χ4v) is 10.2. The maximum absolute atomic E-state index is 11.4. The normalized spacial score (nSPS) is 52.2. The molecular weight excluding hydrogens is 392 g/mol. The highest BCUT2D eigenvalue weighted by Crippen LogP contribution is 2.80. The second-order valence-corrected chi connectivity index (χ2v) is 12.8. The van der Waals surface area contributed by atoms with Gasteiger partial charge in [-0.25, -0.2) is 0 Å². The van der Waals surface area contributed by atoms with Gasteiger partial charge in [-0.15, -0.1) is 12.3 Å². The first-order valence-corrected chi connectivity index (χ1v) is 12.8. The van der Waals surface area contributed by atoms with Gasteiger partial charge in [-0.05, 0) is 104 Å². The third-order valence-electron chi connectivity index (χ3n) is 11.9. The Balaban J connectivity index is 1.86. The van der Waals surface area contributed by atoms with Crippen molar-refractivity contribution >= 4 is 0 Å². The third-order valence-corrected chi connectivity index (χ3v) is 11.9. The quantitative estimate of drug-likeness (QED) is 0.361. The molecule has 0 heterocycles. The van der Waals surface area contributed by atoms with E-state index in [0.717, 1.165) is 25.7 Å². The van der Waals surface area contributed by atoms with Crippen molar-refractivity contribution in [1.82, 2.24) is 0 Å². The SMILES string of the molecule is C=C=C[C@]12CC[C@]3(C)[C@@H](C(=C)C)CC[C@@]3(C=C)[C@@H]1CC[C@]1(C)C[C@@](O)(COC)CC[C@@]12C. The summed E-state index contributed by atoms with van der Waals surface area (Å²) < 4.78 is 5.46. The molecule has 0 radical (unpaired) electrons. The predicted molar refractivity (Wildman–Crippen MR) is 133 cm³/mol. The average Bonchev–Trinajstić information content (AvgIpc) is 3.03. The minimum Gasteiger partial charge on any atom is -0.387 e. The van der Waals surface area contributed by atoms with Crippen molar-refractivity contribution in [1.29, 1.82) is 0 Å². The smallest absolute Gasteiger partial charge is 0.0885 e. The van der Waals surface area contributed by atoms with Gasteiger partial charge in [-0.3, -0.25) is 0 Å². The molecule has 0 aromatic heterocycles. The van der Waals surface area contributed by atoms with Gasteiger partial charge in [0.1, 0.15) is 0 Å². The molecular formula is C30H46O2. The van der Waals surface area contributed by atoms with E-state index in [9.17, 15) is 5.11 Å². The summed E-state index contributed by atoms with van der Waals surface area (Å²) in [5.74, 6) is 1.11. The van der Waals surface area contributed by atoms with Crippen LogP contribution >= 0.6 is 0 Å². The Labute approximate surface area is 196 Å². The maximum Gasteiger partial charge on any atom is 0.0885 e. The molecule has 32 heavy (non-hydrogen) atoms. The van der Waals surface area contributed by atoms with Crippen LogP contribution in [0, 0.1) is 38.9 Å². The molecule has 0 saturated heterocycles. The zero-order valence-electron chi connectivity index (χ0n) is 21.4. The van der Waals surface area contributed by atoms with Gasteiger partial charge in [-0.1, -0.05) is 45.6 Å². The Bertz CT molecular complexity index is 853. The van der Waals surface area contributed by atoms with Crippen LogP contribution in [0.4, 0.5) is 0 Å². The summed E-state index contributed by atoms with van der Waals surface area (Å²) in [6, 6.07) is 0. The van der Waals surface area contributed by atoms with E-state index in [0.29, 0.717) is 18.4 Å². The highest BCUT2D eigenvalue weighted by atomic mass is 16.5. The maximum atomic E-state index is 11.4. The summed E-state index contributed by atoms with van der Waals surface area (Å²) in [7, 11) is 1.71. The van der Waals surface area contributed by atoms with Crippen LogP contribution in [0.3, 0.4) is 0 Å². The van der Waals surface area contributed by atoms with Crippen LogP contribution in [0.25, 0.3) is 0 Å². The second-order valence-electron chi connectivity index (χ2n) is 12.8. The zero-order valence-corrected chi connectivity index (χ0v) is 21.4. The first kappa shape index (κ1) is 24.1. The molecule has 0 aromatic rings. The molecule has 2 nitrogen and oxygen atoms in total. The highest BCUT2D eigenvalue weighted by Gasteiger charge is 2.74. The lowest BCUT2D eigenvalue weighted by Crippen LogP contribution is -2.68. The van der Waals surface area contributed by atoms with E-state index in [1.54, 1.807) is 7.11 Å². The predicted octanol–water partition coefficient (Wildman–Crippen LogP) is 7.26. The van der Waals surface area contributed by atoms with Crippen molar-refractivity contribution in [2.24, 2.45) is 38.9 Å². The van der Waals surface area contributed by atoms with Gasteiger partial charge in [-0.2, -0.15) is 0 Å². The fraction of sp³-hybridized carbons (Fsp3) is 0.767. The van der Waals surface area contributed by atoms with Crippen molar-refractivity contribution < 1.29 is 9.84 Å². The minimum atomic E-state index is -0.716. The van der Waals surface area contributed by atoms with Gasteiger partial charge in [0.15, 0.2) is 0 Å². The molecule has 0 aliphatic heterocycles. The Morgan fingerprint density at radius 3 is 2.38 bits per heavy atom. The summed E-state index contributed by atoms with van der Waals surface area (Å²) >= 11 is 0. The van der Waals surface area contributed by atoms with E-state index in [-0.39, 0.29) is 27.1 Å². The number of aliphatic hydroxyl groups is 1. The monoisotopic (exact) mass is 438 g/mol. The molecule has 1 N–H and O–H groups in total. The average molecular weight is 439 g/mol. The molecule has 8 atom stereocenters. The number of hydrogen-bond donors (Lipinski definition) is 1. The van der Waals surface area contributed by atoms with Gasteiger partial charge >= 0.3 is 0 Å². The summed E-state index contributed by atoms with van der Waals surface area (Å²) in [4.78, 5) is 0. The Morgan fingerprint density at radius 1 is 1.06 bits per heavy atom. The molecule has 2 heteroatoms. The molecule has 178 valence electrons. The first-order chi connectivity index (χ1) is 14.9. The van der Waals surface area contributed by atoms with Crippen molar-refractivity contribution in [2.75, 3.05) is 13.7 Å². The standard InChI is InChI=1S/C30H46O2/c1-9-13-30-19-16-26(6)23(22(3)4)11-15-29(26,10-2)24(30)12-14-25(5)20-28(31,21-32-8)18-17-27(25,30)7/h10,13,23-24,31H,1-3,11-12,14-21H2,4-8H3/t23-,24+,25-,26-,27+,28-,29+,30+/m1/s1. The molecule has 0 bridgehead atoms. The van der Waals surface area contributed by atoms with E-state index in [1.807, 2.05) is 0 Å². The third kappa shape index (κ3) is 2.73. The van der Waals surface area contributed by atoms with Gasteiger partial charge in [0, 0.05) is 12.5 Å². The van der Waals surface area contributed by atoms with Gasteiger partial charge in [0.2, 0.25) is 0 Å². The topological polar surface area (TPSA) is 29.5 Å². The molecule has 4 saturated carbocycles. The van der Waals surface area contributed by atoms with E-state index in [4.69, 9.17) is 4.74 Å². The number of hydrogen-bond acceptors (Lipinski definition) is 2. The summed E-state index contributed by atoms with van der Waals surface area (Å²) in [6.07, 6.45) is 14.5. The lowest BCUT2D eigenvalue weighted by atomic mass is 9.31. The van der Waals surface area contributed by atoms with Crippen molar-refractivity contribution in [2.45, 2.75) is 91.1 Å². The van der Waals surface area contributed by atoms with Crippen molar-refractivity contribution in [3.8, 4) is 0 Å². The van der Waals surface area contributed by atoms with Crippen LogP contribution in [-0.2, 0) is 4.74 Å². The number of rotatable bonds is 5. The molecule has 0 aromatic carbocycles. The number of allylic oxidation sites excluding steroid dienone is 3. The number of ether oxygens (including phenoxy) is 1. The Morgan fingerprint density at radius 2 is 1.78 bits per heavy atom. The summed E-state index contributed by atoms with van der Waals surface area (Å²) in [5.41, 5.74) is 4.46. The van der Waals surface area contributed by atoms with Crippen LogP contribution in [-0.4, -0.2) is 24.4 Å². The van der Waals surface area contributed by atoms with E-state index in [1.165, 1.54) is 37.7 Å². The summed E-state index contributed by atoms with van der Waals surface area (Å²) in [6.45, 7) is 23.2. The molecule has 0 amide bonds. The van der Waals surface area contributed by atoms with Crippen LogP contribution in [0.15, 0.2) is 43.2 Å². The van der Waals surface area contributed by atoms with Gasteiger partial charge in [0.05, 0.1) is 12.2 Å². The lowest BCUT2D eigenvalue weighted by Gasteiger charge is -2.73. The van der Waals surface area contributed by atoms with Crippen molar-refractivity contribution in [3.05, 3.63) is 43.2 Å². The van der Waals surface area contributed by atoms with E-state index < -0.39 is 5.60 Å². The first-order valence-electron chi connectivity index (χ1n) is 12.8. The van der Waals surface area contributed by atoms with Crippen molar-refractivity contribution in [3.63, 3.8) is 0 Å². The van der Waals surface area contributed by atoms with Crippen LogP contribution in [0.1, 0.15) is 85.5 Å². The van der Waals surface area contributed by atoms with E-state index in [2.05, 4.69) is 65.3 Å². The molecule has 0 spiro atoms. The lowest BCUT2D eigenvalue weighted by molar-refractivity contribution is -0.242. The van der Waals surface area contributed by atoms with Gasteiger partial charge < -0.3 is 9.84 Å². The zero-order chi connectivity index (χ0) is 23.6. The second kappa shape index (κ2) is 7.46. The Kier molecular flexibility index (Phi) is 5.61. The summed E-state index contributed by atoms with van der Waals surface area (Å²) in [5, 5.41) is 11.4. The van der Waals surface area contributed by atoms with Gasteiger partial charge in [0.25, 0.3) is 0 Å². The minimum absolute atomic E-state index is 0.0355. The fourth-order valence-electron chi connectivity index (χ4n) is 10.2. The molecule has 4 aliphatic rings. The van der Waals surface area contributed by atoms with Crippen LogP contribution < -0.4 is 0 Å². The Hall–Kier alpha value is -1.08. The molecule has 0 unspecified atom stereocenters. The molecule has 4 fully saturated rings. The molecule has 4 aliphatic carbocycles. The highest BCUT2D eigenvalue weighted by molar-refractivity contribution is 5.31. The number of methoxy groups -OCH3 is 1.